The summed E-state index contributed by atoms with van der Waals surface area (Å²) in [6.07, 6.45) is 2.75. The first-order chi connectivity index (χ1) is 6.79. The van der Waals surface area contributed by atoms with Crippen LogP contribution in [-0.4, -0.2) is 6.61 Å². The van der Waals surface area contributed by atoms with E-state index >= 15 is 0 Å². The van der Waals surface area contributed by atoms with Gasteiger partial charge in [0.25, 0.3) is 0 Å². The molecule has 14 heavy (non-hydrogen) atoms. The Morgan fingerprint density at radius 2 is 2.14 bits per heavy atom. The highest BCUT2D eigenvalue weighted by Gasteiger charge is 2.17. The molecule has 2 N–H and O–H groups in total. The predicted octanol–water partition coefficient (Wildman–Crippen LogP) is 2.60. The highest BCUT2D eigenvalue weighted by Crippen LogP contribution is 2.27. The van der Waals surface area contributed by atoms with Crippen molar-refractivity contribution in [2.75, 3.05) is 6.61 Å². The average Bonchev–Trinajstić information content (AvgIpc) is 2.70. The molecule has 2 rings (SSSR count). The van der Waals surface area contributed by atoms with Crippen molar-refractivity contribution in [3.8, 4) is 0 Å². The predicted molar refractivity (Wildman–Crippen MR) is 64.7 cm³/mol. The Hall–Kier alpha value is -0.550. The van der Waals surface area contributed by atoms with E-state index in [4.69, 9.17) is 10.5 Å². The molecule has 0 fully saturated rings. The fourth-order valence-electron chi connectivity index (χ4n) is 1.56. The summed E-state index contributed by atoms with van der Waals surface area (Å²) in [5.41, 5.74) is 8.52. The Morgan fingerprint density at radius 1 is 1.36 bits per heavy atom. The second-order valence-electron chi connectivity index (χ2n) is 3.31. The molecule has 1 aromatic rings. The number of halogens is 1. The molecule has 0 spiro atoms. The van der Waals surface area contributed by atoms with Crippen molar-refractivity contribution < 1.29 is 4.74 Å². The smallest absolute Gasteiger partial charge is 0.0912 e. The largest absolute Gasteiger partial charge is 0.501 e. The molecule has 1 aliphatic heterocycles. The third kappa shape index (κ3) is 1.93. The lowest BCUT2D eigenvalue weighted by Crippen LogP contribution is -2.13. The summed E-state index contributed by atoms with van der Waals surface area (Å²) in [4.78, 5) is 0. The molecule has 0 saturated carbocycles. The van der Waals surface area contributed by atoms with E-state index < -0.39 is 0 Å². The van der Waals surface area contributed by atoms with E-state index in [1.807, 2.05) is 12.1 Å². The third-order valence-corrected chi connectivity index (χ3v) is 3.37. The van der Waals surface area contributed by atoms with Crippen molar-refractivity contribution in [1.82, 2.24) is 0 Å². The van der Waals surface area contributed by atoms with Gasteiger partial charge in [-0.15, -0.1) is 0 Å². The maximum absolute atomic E-state index is 6.15. The zero-order valence-electron chi connectivity index (χ0n) is 7.74. The lowest BCUT2D eigenvalue weighted by atomic mass is 9.99. The Labute approximate surface area is 97.3 Å². The first-order valence-corrected chi connectivity index (χ1v) is 5.67. The van der Waals surface area contributed by atoms with Gasteiger partial charge in [-0.1, -0.05) is 18.2 Å². The van der Waals surface area contributed by atoms with Gasteiger partial charge in [0.15, 0.2) is 0 Å². The highest BCUT2D eigenvalue weighted by molar-refractivity contribution is 14.1. The van der Waals surface area contributed by atoms with E-state index in [9.17, 15) is 0 Å². The van der Waals surface area contributed by atoms with E-state index in [0.29, 0.717) is 0 Å². The van der Waals surface area contributed by atoms with Crippen LogP contribution in [0.4, 0.5) is 0 Å². The maximum Gasteiger partial charge on any atom is 0.0912 e. The van der Waals surface area contributed by atoms with Gasteiger partial charge in [-0.05, 0) is 39.8 Å². The van der Waals surface area contributed by atoms with E-state index in [-0.39, 0.29) is 6.04 Å². The van der Waals surface area contributed by atoms with Crippen molar-refractivity contribution >= 4 is 22.6 Å². The molecule has 1 unspecified atom stereocenters. The van der Waals surface area contributed by atoms with Gasteiger partial charge >= 0.3 is 0 Å². The summed E-state index contributed by atoms with van der Waals surface area (Å²) in [5.74, 6) is 0. The third-order valence-electron chi connectivity index (χ3n) is 2.38. The maximum atomic E-state index is 6.15. The molecule has 1 aromatic carbocycles. The zero-order valence-corrected chi connectivity index (χ0v) is 9.90. The minimum Gasteiger partial charge on any atom is -0.501 e. The molecule has 0 saturated heterocycles. The van der Waals surface area contributed by atoms with Crippen molar-refractivity contribution in [2.24, 2.45) is 5.73 Å². The Kier molecular flexibility index (Phi) is 3.08. The second-order valence-corrected chi connectivity index (χ2v) is 4.47. The standard InChI is InChI=1S/C11H12INO/c12-10-4-2-1-3-9(10)11(13)8-5-6-14-7-8/h1-4,7,11H,5-6,13H2. The van der Waals surface area contributed by atoms with Gasteiger partial charge in [-0.3, -0.25) is 0 Å². The zero-order chi connectivity index (χ0) is 9.97. The molecule has 1 aliphatic rings. The number of rotatable bonds is 2. The minimum absolute atomic E-state index is 0.00870. The van der Waals surface area contributed by atoms with Gasteiger partial charge in [0.1, 0.15) is 0 Å². The lowest BCUT2D eigenvalue weighted by Gasteiger charge is -2.13. The van der Waals surface area contributed by atoms with Crippen molar-refractivity contribution in [1.29, 1.82) is 0 Å². The monoisotopic (exact) mass is 301 g/mol. The molecule has 0 aliphatic carbocycles. The molecule has 74 valence electrons. The Bertz CT molecular complexity index is 362. The van der Waals surface area contributed by atoms with Crippen molar-refractivity contribution in [3.63, 3.8) is 0 Å². The van der Waals surface area contributed by atoms with Gasteiger partial charge in [0.2, 0.25) is 0 Å². The molecule has 1 atom stereocenters. The van der Waals surface area contributed by atoms with E-state index in [2.05, 4.69) is 34.7 Å². The molecule has 0 radical (unpaired) electrons. The van der Waals surface area contributed by atoms with Crippen LogP contribution in [0.15, 0.2) is 36.1 Å². The number of ether oxygens (including phenoxy) is 1. The molecule has 0 bridgehead atoms. The van der Waals surface area contributed by atoms with Crippen molar-refractivity contribution in [2.45, 2.75) is 12.5 Å². The fraction of sp³-hybridized carbons (Fsp3) is 0.273. The minimum atomic E-state index is -0.00870. The second kappa shape index (κ2) is 4.31. The molecule has 1 heterocycles. The van der Waals surface area contributed by atoms with Gasteiger partial charge in [0, 0.05) is 9.99 Å². The first kappa shape index (κ1) is 9.98. The van der Waals surface area contributed by atoms with Crippen LogP contribution in [0.1, 0.15) is 18.0 Å². The van der Waals surface area contributed by atoms with Crippen LogP contribution < -0.4 is 5.73 Å². The van der Waals surface area contributed by atoms with Crippen LogP contribution in [0.2, 0.25) is 0 Å². The topological polar surface area (TPSA) is 35.2 Å². The molecule has 0 aromatic heterocycles. The lowest BCUT2D eigenvalue weighted by molar-refractivity contribution is 0.281. The molecule has 3 heteroatoms. The molecule has 0 amide bonds. The van der Waals surface area contributed by atoms with Crippen LogP contribution in [0, 0.1) is 3.57 Å². The van der Waals surface area contributed by atoms with Crippen LogP contribution >= 0.6 is 22.6 Å². The van der Waals surface area contributed by atoms with E-state index in [1.54, 1.807) is 6.26 Å². The van der Waals surface area contributed by atoms with Crippen LogP contribution in [0.5, 0.6) is 0 Å². The molecular formula is C11H12INO. The summed E-state index contributed by atoms with van der Waals surface area (Å²) in [7, 11) is 0. The van der Waals surface area contributed by atoms with Gasteiger partial charge in [-0.2, -0.15) is 0 Å². The fourth-order valence-corrected chi connectivity index (χ4v) is 2.28. The summed E-state index contributed by atoms with van der Waals surface area (Å²) < 4.78 is 6.41. The Balaban J connectivity index is 2.26. The quantitative estimate of drug-likeness (QED) is 0.852. The van der Waals surface area contributed by atoms with E-state index in [0.717, 1.165) is 13.0 Å². The van der Waals surface area contributed by atoms with Crippen LogP contribution in [0.3, 0.4) is 0 Å². The number of hydrogen-bond acceptors (Lipinski definition) is 2. The van der Waals surface area contributed by atoms with Crippen LogP contribution in [0.25, 0.3) is 0 Å². The molecular weight excluding hydrogens is 289 g/mol. The Morgan fingerprint density at radius 3 is 2.79 bits per heavy atom. The summed E-state index contributed by atoms with van der Waals surface area (Å²) in [5, 5.41) is 0. The van der Waals surface area contributed by atoms with E-state index in [1.165, 1.54) is 14.7 Å². The van der Waals surface area contributed by atoms with Crippen molar-refractivity contribution in [3.05, 3.63) is 45.2 Å². The number of nitrogens with two attached hydrogens (primary N) is 1. The number of hydrogen-bond donors (Lipinski definition) is 1. The van der Waals surface area contributed by atoms with Gasteiger partial charge < -0.3 is 10.5 Å². The first-order valence-electron chi connectivity index (χ1n) is 4.59. The average molecular weight is 301 g/mol. The summed E-state index contributed by atoms with van der Waals surface area (Å²) in [6.45, 7) is 0.770. The normalized spacial score (nSPS) is 17.4. The molecule has 2 nitrogen and oxygen atoms in total. The van der Waals surface area contributed by atoms with Gasteiger partial charge in [-0.25, -0.2) is 0 Å². The van der Waals surface area contributed by atoms with Gasteiger partial charge in [0.05, 0.1) is 18.9 Å². The highest BCUT2D eigenvalue weighted by atomic mass is 127. The summed E-state index contributed by atoms with van der Waals surface area (Å²) >= 11 is 2.31. The number of benzene rings is 1. The summed E-state index contributed by atoms with van der Waals surface area (Å²) in [6, 6.07) is 8.19. The SMILES string of the molecule is NC(C1=COCC1)c1ccccc1I. The van der Waals surface area contributed by atoms with Crippen LogP contribution in [-0.2, 0) is 4.74 Å².